The number of likely N-dealkylation sites (tertiary alicyclic amines) is 1. The number of rotatable bonds is 6. The van der Waals surface area contributed by atoms with Crippen LogP contribution in [0.4, 0.5) is 16.0 Å². The summed E-state index contributed by atoms with van der Waals surface area (Å²) in [5.74, 6) is 0.311. The fourth-order valence-corrected chi connectivity index (χ4v) is 3.86. The average Bonchev–Trinajstić information content (AvgIpc) is 2.77. The lowest BCUT2D eigenvalue weighted by Crippen LogP contribution is -2.33. The van der Waals surface area contributed by atoms with Crippen LogP contribution in [0, 0.1) is 11.7 Å². The summed E-state index contributed by atoms with van der Waals surface area (Å²) >= 11 is 0. The summed E-state index contributed by atoms with van der Waals surface area (Å²) in [5, 5.41) is 7.01. The number of anilines is 2. The van der Waals surface area contributed by atoms with E-state index in [4.69, 9.17) is 5.73 Å². The third-order valence-electron chi connectivity index (χ3n) is 5.67. The number of halogens is 1. The summed E-state index contributed by atoms with van der Waals surface area (Å²) in [6.45, 7) is 3.05. The lowest BCUT2D eigenvalue weighted by atomic mass is 9.97. The number of fused-ring (bicyclic) bond motifs is 1. The molecule has 0 aliphatic carbocycles. The van der Waals surface area contributed by atoms with E-state index in [-0.39, 0.29) is 29.3 Å². The first kappa shape index (κ1) is 20.9. The van der Waals surface area contributed by atoms with Crippen molar-refractivity contribution < 1.29 is 9.18 Å². The van der Waals surface area contributed by atoms with E-state index in [0.29, 0.717) is 22.7 Å². The largest absolute Gasteiger partial charge is 0.383 e. The molecule has 0 radical (unpaired) electrons. The summed E-state index contributed by atoms with van der Waals surface area (Å²) in [7, 11) is 2.13. The number of benzene rings is 1. The van der Waals surface area contributed by atoms with Crippen LogP contribution in [0.25, 0.3) is 10.8 Å². The molecule has 4 rings (SSSR count). The fourth-order valence-electron chi connectivity index (χ4n) is 3.86. The molecule has 2 aromatic heterocycles. The van der Waals surface area contributed by atoms with Gasteiger partial charge >= 0.3 is 0 Å². The summed E-state index contributed by atoms with van der Waals surface area (Å²) in [5.41, 5.74) is 6.61. The van der Waals surface area contributed by atoms with Gasteiger partial charge in [0.15, 0.2) is 11.5 Å². The minimum absolute atomic E-state index is 0.144. The second kappa shape index (κ2) is 9.22. The van der Waals surface area contributed by atoms with Crippen LogP contribution >= 0.6 is 0 Å². The molecule has 0 bridgehead atoms. The molecule has 0 atom stereocenters. The van der Waals surface area contributed by atoms with Gasteiger partial charge in [0.25, 0.3) is 5.91 Å². The van der Waals surface area contributed by atoms with Crippen LogP contribution in [-0.2, 0) is 6.54 Å². The molecular formula is C22H26FN7O. The molecule has 1 amide bonds. The molecule has 0 saturated carbocycles. The minimum Gasteiger partial charge on any atom is -0.383 e. The molecule has 4 N–H and O–H groups in total. The van der Waals surface area contributed by atoms with Gasteiger partial charge in [-0.1, -0.05) is 0 Å². The molecule has 162 valence electrons. The van der Waals surface area contributed by atoms with Gasteiger partial charge in [-0.15, -0.1) is 0 Å². The number of nitrogens with one attached hydrogen (secondary N) is 2. The molecule has 1 aromatic carbocycles. The molecule has 0 spiro atoms. The smallest absolute Gasteiger partial charge is 0.273 e. The molecule has 9 heteroatoms. The second-order valence-corrected chi connectivity index (χ2v) is 7.94. The van der Waals surface area contributed by atoms with Crippen molar-refractivity contribution in [2.45, 2.75) is 19.4 Å². The van der Waals surface area contributed by atoms with Gasteiger partial charge in [-0.3, -0.25) is 4.79 Å². The predicted molar refractivity (Wildman–Crippen MR) is 118 cm³/mol. The molecule has 1 saturated heterocycles. The summed E-state index contributed by atoms with van der Waals surface area (Å²) in [6.07, 6.45) is 6.80. The van der Waals surface area contributed by atoms with Gasteiger partial charge in [-0.05, 0) is 68.0 Å². The number of nitrogens with zero attached hydrogens (tertiary/aromatic N) is 4. The zero-order chi connectivity index (χ0) is 21.8. The Labute approximate surface area is 180 Å². The van der Waals surface area contributed by atoms with Crippen LogP contribution in [0.2, 0.25) is 0 Å². The molecule has 3 heterocycles. The van der Waals surface area contributed by atoms with E-state index >= 15 is 0 Å². The fraction of sp³-hybridized carbons (Fsp3) is 0.364. The highest BCUT2D eigenvalue weighted by Gasteiger charge is 2.19. The van der Waals surface area contributed by atoms with Gasteiger partial charge in [0, 0.05) is 31.7 Å². The third kappa shape index (κ3) is 4.88. The number of carbonyl (C=O) groups is 1. The van der Waals surface area contributed by atoms with Gasteiger partial charge in [-0.2, -0.15) is 0 Å². The van der Waals surface area contributed by atoms with E-state index < -0.39 is 5.82 Å². The highest BCUT2D eigenvalue weighted by molar-refractivity contribution is 5.97. The Morgan fingerprint density at radius 3 is 2.77 bits per heavy atom. The maximum absolute atomic E-state index is 14.5. The molecular weight excluding hydrogens is 397 g/mol. The number of amides is 1. The number of piperidine rings is 1. The second-order valence-electron chi connectivity index (χ2n) is 7.94. The molecule has 3 aromatic rings. The average molecular weight is 423 g/mol. The number of nitrogens with two attached hydrogens (primary N) is 1. The first-order valence-electron chi connectivity index (χ1n) is 10.4. The highest BCUT2D eigenvalue weighted by Crippen LogP contribution is 2.24. The number of pyridine rings is 1. The van der Waals surface area contributed by atoms with E-state index in [0.717, 1.165) is 32.5 Å². The number of hydrogen-bond acceptors (Lipinski definition) is 7. The monoisotopic (exact) mass is 423 g/mol. The van der Waals surface area contributed by atoms with Gasteiger partial charge in [0.2, 0.25) is 0 Å². The molecule has 8 nitrogen and oxygen atoms in total. The lowest BCUT2D eigenvalue weighted by molar-refractivity contribution is 0.0946. The summed E-state index contributed by atoms with van der Waals surface area (Å²) in [6, 6.07) is 4.83. The van der Waals surface area contributed by atoms with Gasteiger partial charge in [0.1, 0.15) is 11.6 Å². The molecule has 31 heavy (non-hydrogen) atoms. The summed E-state index contributed by atoms with van der Waals surface area (Å²) < 4.78 is 14.5. The topological polar surface area (TPSA) is 109 Å². The minimum atomic E-state index is -0.465. The Hall–Kier alpha value is -3.33. The maximum atomic E-state index is 14.5. The maximum Gasteiger partial charge on any atom is 0.273 e. The van der Waals surface area contributed by atoms with E-state index in [2.05, 4.69) is 37.5 Å². The lowest BCUT2D eigenvalue weighted by Gasteiger charge is -2.29. The van der Waals surface area contributed by atoms with Crippen molar-refractivity contribution in [1.29, 1.82) is 0 Å². The van der Waals surface area contributed by atoms with Crippen LogP contribution in [0.3, 0.4) is 0 Å². The van der Waals surface area contributed by atoms with Crippen LogP contribution in [0.15, 0.2) is 36.8 Å². The van der Waals surface area contributed by atoms with Gasteiger partial charge < -0.3 is 21.3 Å². The normalized spacial score (nSPS) is 15.2. The zero-order valence-corrected chi connectivity index (χ0v) is 17.4. The molecule has 0 unspecified atom stereocenters. The Balaban J connectivity index is 1.42. The van der Waals surface area contributed by atoms with Crippen LogP contribution in [0.5, 0.6) is 0 Å². The van der Waals surface area contributed by atoms with Crippen molar-refractivity contribution in [2.75, 3.05) is 37.7 Å². The van der Waals surface area contributed by atoms with Crippen LogP contribution in [-0.4, -0.2) is 52.4 Å². The van der Waals surface area contributed by atoms with E-state index in [1.54, 1.807) is 18.3 Å². The first-order chi connectivity index (χ1) is 15.0. The predicted octanol–water partition coefficient (Wildman–Crippen LogP) is 2.43. The SMILES string of the molecule is CN1CCC(CNc2nccnc2C(=O)NCc2cc(F)c3c(N)nccc3c2)CC1. The van der Waals surface area contributed by atoms with Crippen molar-refractivity contribution >= 4 is 28.3 Å². The quantitative estimate of drug-likeness (QED) is 0.559. The van der Waals surface area contributed by atoms with Crippen LogP contribution in [0.1, 0.15) is 28.9 Å². The Bertz CT molecular complexity index is 1080. The van der Waals surface area contributed by atoms with Crippen molar-refractivity contribution in [2.24, 2.45) is 5.92 Å². The molecule has 1 aliphatic heterocycles. The van der Waals surface area contributed by atoms with E-state index in [1.807, 2.05) is 0 Å². The Morgan fingerprint density at radius 1 is 1.19 bits per heavy atom. The number of aromatic nitrogens is 3. The standard InChI is InChI=1S/C22H26FN7O/c1-30-8-3-14(4-9-30)12-28-21-19(25-6-7-27-21)22(31)29-13-15-10-16-2-5-26-20(24)18(16)17(23)11-15/h2,5-7,10-11,14H,3-4,8-9,12-13H2,1H3,(H2,24,26)(H,27,28)(H,29,31). The van der Waals surface area contributed by atoms with Crippen molar-refractivity contribution in [3.63, 3.8) is 0 Å². The van der Waals surface area contributed by atoms with Crippen molar-refractivity contribution in [1.82, 2.24) is 25.2 Å². The van der Waals surface area contributed by atoms with Gasteiger partial charge in [0.05, 0.1) is 5.39 Å². The molecule has 1 aliphatic rings. The van der Waals surface area contributed by atoms with Crippen molar-refractivity contribution in [3.8, 4) is 0 Å². The zero-order valence-electron chi connectivity index (χ0n) is 17.4. The molecule has 1 fully saturated rings. The van der Waals surface area contributed by atoms with Crippen molar-refractivity contribution in [3.05, 3.63) is 53.9 Å². The number of hydrogen-bond donors (Lipinski definition) is 3. The number of carbonyl (C=O) groups excluding carboxylic acids is 1. The van der Waals surface area contributed by atoms with E-state index in [9.17, 15) is 9.18 Å². The van der Waals surface area contributed by atoms with Crippen LogP contribution < -0.4 is 16.4 Å². The Morgan fingerprint density at radius 2 is 1.97 bits per heavy atom. The third-order valence-corrected chi connectivity index (χ3v) is 5.67. The number of nitrogen functional groups attached to an aromatic ring is 1. The first-order valence-corrected chi connectivity index (χ1v) is 10.4. The summed E-state index contributed by atoms with van der Waals surface area (Å²) in [4.78, 5) is 27.5. The highest BCUT2D eigenvalue weighted by atomic mass is 19.1. The van der Waals surface area contributed by atoms with E-state index in [1.165, 1.54) is 18.5 Å². The van der Waals surface area contributed by atoms with Gasteiger partial charge in [-0.25, -0.2) is 19.3 Å². The Kier molecular flexibility index (Phi) is 6.22.